The lowest BCUT2D eigenvalue weighted by molar-refractivity contribution is 0.288. The Balaban J connectivity index is 1.53. The Bertz CT molecular complexity index is 583. The summed E-state index contributed by atoms with van der Waals surface area (Å²) in [6.45, 7) is 7.67. The predicted molar refractivity (Wildman–Crippen MR) is 105 cm³/mol. The van der Waals surface area contributed by atoms with Crippen molar-refractivity contribution < 1.29 is 4.74 Å². The minimum Gasteiger partial charge on any atom is -0.477 e. The van der Waals surface area contributed by atoms with E-state index in [4.69, 9.17) is 9.73 Å². The molecule has 1 atom stereocenters. The molecule has 5 nitrogen and oxygen atoms in total. The van der Waals surface area contributed by atoms with Crippen LogP contribution < -0.4 is 15.4 Å². The highest BCUT2D eigenvalue weighted by Gasteiger charge is 2.29. The smallest absolute Gasteiger partial charge is 0.213 e. The Morgan fingerprint density at radius 3 is 3.04 bits per heavy atom. The topological polar surface area (TPSA) is 58.5 Å². The van der Waals surface area contributed by atoms with Crippen LogP contribution in [0.3, 0.4) is 0 Å². The molecule has 1 saturated carbocycles. The van der Waals surface area contributed by atoms with E-state index in [0.717, 1.165) is 37.1 Å². The minimum atomic E-state index is 0.330. The van der Waals surface area contributed by atoms with Crippen LogP contribution in [0, 0.1) is 5.92 Å². The summed E-state index contributed by atoms with van der Waals surface area (Å²) in [7, 11) is 0. The maximum atomic E-state index is 5.76. The first-order chi connectivity index (χ1) is 12.2. The van der Waals surface area contributed by atoms with Crippen LogP contribution in [0.2, 0.25) is 0 Å². The zero-order valence-electron chi connectivity index (χ0n) is 15.4. The first kappa shape index (κ1) is 18.4. The zero-order valence-corrected chi connectivity index (χ0v) is 16.2. The first-order valence-electron chi connectivity index (χ1n) is 9.41. The summed E-state index contributed by atoms with van der Waals surface area (Å²) in [6, 6.07) is 4.01. The highest BCUT2D eigenvalue weighted by molar-refractivity contribution is 8.00. The van der Waals surface area contributed by atoms with Gasteiger partial charge in [0.05, 0.1) is 13.2 Å². The van der Waals surface area contributed by atoms with Crippen molar-refractivity contribution in [3.63, 3.8) is 0 Å². The lowest BCUT2D eigenvalue weighted by atomic mass is 10.1. The van der Waals surface area contributed by atoms with Gasteiger partial charge in [-0.05, 0) is 62.8 Å². The number of nitrogens with one attached hydrogen (secondary N) is 2. The van der Waals surface area contributed by atoms with Crippen LogP contribution in [0.5, 0.6) is 5.88 Å². The Morgan fingerprint density at radius 1 is 1.44 bits per heavy atom. The van der Waals surface area contributed by atoms with Crippen molar-refractivity contribution in [1.29, 1.82) is 0 Å². The van der Waals surface area contributed by atoms with Crippen molar-refractivity contribution in [1.82, 2.24) is 15.6 Å². The molecule has 0 spiro atoms. The van der Waals surface area contributed by atoms with Crippen LogP contribution >= 0.6 is 11.8 Å². The van der Waals surface area contributed by atoms with E-state index in [1.54, 1.807) is 0 Å². The van der Waals surface area contributed by atoms with Crippen molar-refractivity contribution >= 4 is 17.7 Å². The number of aliphatic imine (C=N–C) groups is 1. The number of hydrogen-bond donors (Lipinski definition) is 2. The molecule has 2 heterocycles. The van der Waals surface area contributed by atoms with Crippen LogP contribution in [0.25, 0.3) is 0 Å². The molecular formula is C19H30N4OS. The van der Waals surface area contributed by atoms with Gasteiger partial charge in [0.1, 0.15) is 0 Å². The highest BCUT2D eigenvalue weighted by atomic mass is 32.2. The Labute approximate surface area is 155 Å². The monoisotopic (exact) mass is 362 g/mol. The normalized spacial score (nSPS) is 23.5. The molecule has 1 aromatic heterocycles. The summed E-state index contributed by atoms with van der Waals surface area (Å²) < 4.78 is 6.09. The number of nitrogens with zero attached hydrogens (tertiary/aromatic N) is 2. The molecule has 1 saturated heterocycles. The molecule has 138 valence electrons. The Morgan fingerprint density at radius 2 is 2.32 bits per heavy atom. The number of ether oxygens (including phenoxy) is 1. The number of pyridine rings is 1. The largest absolute Gasteiger partial charge is 0.477 e. The second kappa shape index (κ2) is 8.79. The molecule has 25 heavy (non-hydrogen) atoms. The van der Waals surface area contributed by atoms with Crippen molar-refractivity contribution in [2.75, 3.05) is 25.4 Å². The maximum absolute atomic E-state index is 5.76. The van der Waals surface area contributed by atoms with Crippen molar-refractivity contribution in [3.8, 4) is 5.88 Å². The van der Waals surface area contributed by atoms with Crippen LogP contribution in [0.4, 0.5) is 0 Å². The molecular weight excluding hydrogens is 332 g/mol. The summed E-state index contributed by atoms with van der Waals surface area (Å²) in [5.41, 5.74) is 1.12. The van der Waals surface area contributed by atoms with Gasteiger partial charge in [-0.1, -0.05) is 0 Å². The van der Waals surface area contributed by atoms with Crippen LogP contribution in [0.15, 0.2) is 23.3 Å². The fourth-order valence-electron chi connectivity index (χ4n) is 2.87. The van der Waals surface area contributed by atoms with E-state index in [2.05, 4.69) is 41.2 Å². The molecule has 2 N–H and O–H groups in total. The van der Waals surface area contributed by atoms with E-state index < -0.39 is 0 Å². The van der Waals surface area contributed by atoms with Crippen molar-refractivity contribution in [2.24, 2.45) is 10.9 Å². The third-order valence-electron chi connectivity index (χ3n) is 4.66. The summed E-state index contributed by atoms with van der Waals surface area (Å²) in [6.07, 6.45) is 6.98. The van der Waals surface area contributed by atoms with Gasteiger partial charge in [-0.2, -0.15) is 11.8 Å². The third-order valence-corrected chi connectivity index (χ3v) is 6.20. The maximum Gasteiger partial charge on any atom is 0.213 e. The summed E-state index contributed by atoms with van der Waals surface area (Å²) in [5, 5.41) is 6.85. The van der Waals surface area contributed by atoms with Gasteiger partial charge in [0.25, 0.3) is 0 Å². The molecule has 0 bridgehead atoms. The van der Waals surface area contributed by atoms with E-state index in [-0.39, 0.29) is 0 Å². The zero-order chi connectivity index (χ0) is 17.5. The average molecular weight is 363 g/mol. The SMILES string of the molecule is CCNC(=NCc1ccnc(OCC2CC2)c1)NCC1(C)CCCS1. The van der Waals surface area contributed by atoms with Crippen LogP contribution in [-0.4, -0.2) is 41.1 Å². The molecule has 1 aromatic rings. The van der Waals surface area contributed by atoms with Crippen molar-refractivity contribution in [2.45, 2.75) is 50.8 Å². The lowest BCUT2D eigenvalue weighted by Gasteiger charge is -2.24. The van der Waals surface area contributed by atoms with Crippen LogP contribution in [0.1, 0.15) is 45.1 Å². The molecule has 6 heteroatoms. The standard InChI is InChI=1S/C19H30N4OS/c1-3-20-18(23-14-19(2)8-4-10-25-19)22-12-16-7-9-21-17(11-16)24-13-15-5-6-15/h7,9,11,15H,3-6,8,10,12-14H2,1-2H3,(H2,20,22,23). The van der Waals surface area contributed by atoms with E-state index >= 15 is 0 Å². The predicted octanol–water partition coefficient (Wildman–Crippen LogP) is 3.21. The third kappa shape index (κ3) is 6.10. The van der Waals surface area contributed by atoms with Gasteiger partial charge >= 0.3 is 0 Å². The fraction of sp³-hybridized carbons (Fsp3) is 0.684. The highest BCUT2D eigenvalue weighted by Crippen LogP contribution is 2.36. The van der Waals surface area contributed by atoms with E-state index in [9.17, 15) is 0 Å². The average Bonchev–Trinajstić information content (AvgIpc) is 3.36. The van der Waals surface area contributed by atoms with E-state index in [1.165, 1.54) is 31.4 Å². The van der Waals surface area contributed by atoms with E-state index in [0.29, 0.717) is 17.2 Å². The second-order valence-corrected chi connectivity index (χ2v) is 8.89. The molecule has 1 aliphatic heterocycles. The van der Waals surface area contributed by atoms with Gasteiger partial charge in [-0.25, -0.2) is 9.98 Å². The molecule has 1 aliphatic carbocycles. The van der Waals surface area contributed by atoms with Gasteiger partial charge in [-0.15, -0.1) is 0 Å². The van der Waals surface area contributed by atoms with Gasteiger partial charge in [-0.3, -0.25) is 0 Å². The molecule has 0 aromatic carbocycles. The molecule has 3 rings (SSSR count). The van der Waals surface area contributed by atoms with Gasteiger partial charge in [0.15, 0.2) is 5.96 Å². The van der Waals surface area contributed by atoms with Crippen LogP contribution in [-0.2, 0) is 6.54 Å². The second-order valence-electron chi connectivity index (χ2n) is 7.21. The van der Waals surface area contributed by atoms with Gasteiger partial charge < -0.3 is 15.4 Å². The molecule has 1 unspecified atom stereocenters. The number of guanidine groups is 1. The number of hydrogen-bond acceptors (Lipinski definition) is 4. The quantitative estimate of drug-likeness (QED) is 0.549. The summed E-state index contributed by atoms with van der Waals surface area (Å²) >= 11 is 2.06. The van der Waals surface area contributed by atoms with Gasteiger partial charge in [0, 0.05) is 30.1 Å². The Kier molecular flexibility index (Phi) is 6.45. The molecule has 2 fully saturated rings. The number of rotatable bonds is 8. The molecule has 0 radical (unpaired) electrons. The fourth-order valence-corrected chi connectivity index (χ4v) is 4.12. The number of thioether (sulfide) groups is 1. The molecule has 0 amide bonds. The first-order valence-corrected chi connectivity index (χ1v) is 10.4. The Hall–Kier alpha value is -1.43. The summed E-state index contributed by atoms with van der Waals surface area (Å²) in [5.74, 6) is 3.61. The van der Waals surface area contributed by atoms with E-state index in [1.807, 2.05) is 18.3 Å². The lowest BCUT2D eigenvalue weighted by Crippen LogP contribution is -2.43. The minimum absolute atomic E-state index is 0.330. The van der Waals surface area contributed by atoms with Gasteiger partial charge in [0.2, 0.25) is 5.88 Å². The van der Waals surface area contributed by atoms with Crippen molar-refractivity contribution in [3.05, 3.63) is 23.9 Å². The summed E-state index contributed by atoms with van der Waals surface area (Å²) in [4.78, 5) is 9.02. The molecule has 2 aliphatic rings. The number of aromatic nitrogens is 1.